The van der Waals surface area contributed by atoms with Crippen LogP contribution < -0.4 is 9.64 Å². The number of nitrogens with zero attached hydrogens (tertiary/aromatic N) is 1. The first-order chi connectivity index (χ1) is 11.0. The summed E-state index contributed by atoms with van der Waals surface area (Å²) < 4.78 is 5.26. The maximum atomic E-state index is 11.8. The fourth-order valence-electron chi connectivity index (χ4n) is 2.56. The van der Waals surface area contributed by atoms with E-state index in [-0.39, 0.29) is 5.92 Å². The van der Waals surface area contributed by atoms with E-state index in [1.165, 1.54) is 12.0 Å². The van der Waals surface area contributed by atoms with Crippen molar-refractivity contribution in [1.29, 1.82) is 0 Å². The molecule has 0 aliphatic heterocycles. The molecule has 1 rings (SSSR count). The average molecular weight is 358 g/mol. The normalized spacial score (nSPS) is 14.2. The van der Waals surface area contributed by atoms with Crippen LogP contribution in [0.4, 0.5) is 10.5 Å². The Hall–Kier alpha value is -1.46. The second kappa shape index (κ2) is 8.08. The first-order valence-corrected chi connectivity index (χ1v) is 8.48. The zero-order valence-electron chi connectivity index (χ0n) is 15.3. The molecule has 0 fully saturated rings. The van der Waals surface area contributed by atoms with E-state index >= 15 is 0 Å². The molecule has 0 saturated carbocycles. The predicted molar refractivity (Wildman–Crippen MR) is 97.4 cm³/mol. The van der Waals surface area contributed by atoms with Gasteiger partial charge in [0.2, 0.25) is 0 Å². The fraction of sp³-hybridized carbons (Fsp3) is 0.611. The SMILES string of the molecule is CCC(C)C(O)Cc1cc(OC)c(Cl)cc1N(C(=O)O)C(C)(C)C. The number of aliphatic hydroxyl groups excluding tert-OH is 1. The topological polar surface area (TPSA) is 70.0 Å². The van der Waals surface area contributed by atoms with Gasteiger partial charge in [-0.3, -0.25) is 4.90 Å². The van der Waals surface area contributed by atoms with Crippen molar-refractivity contribution in [3.8, 4) is 5.75 Å². The van der Waals surface area contributed by atoms with Gasteiger partial charge in [0, 0.05) is 12.0 Å². The summed E-state index contributed by atoms with van der Waals surface area (Å²) in [4.78, 5) is 13.1. The molecule has 2 atom stereocenters. The van der Waals surface area contributed by atoms with Crippen LogP contribution in [0.2, 0.25) is 5.02 Å². The molecule has 1 aromatic carbocycles. The lowest BCUT2D eigenvalue weighted by molar-refractivity contribution is 0.114. The Balaban J connectivity index is 3.46. The van der Waals surface area contributed by atoms with Gasteiger partial charge in [-0.2, -0.15) is 0 Å². The highest BCUT2D eigenvalue weighted by atomic mass is 35.5. The van der Waals surface area contributed by atoms with E-state index in [1.54, 1.807) is 12.1 Å². The summed E-state index contributed by atoms with van der Waals surface area (Å²) in [5, 5.41) is 20.4. The van der Waals surface area contributed by atoms with Gasteiger partial charge in [-0.25, -0.2) is 4.79 Å². The third-order valence-corrected chi connectivity index (χ3v) is 4.48. The highest BCUT2D eigenvalue weighted by Gasteiger charge is 2.31. The number of aliphatic hydroxyl groups is 1. The highest BCUT2D eigenvalue weighted by Crippen LogP contribution is 2.37. The molecular formula is C18H28ClNO4. The standard InChI is InChI=1S/C18H28ClNO4/c1-7-11(2)15(21)8-12-9-16(24-6)13(19)10-14(12)20(17(22)23)18(3,4)5/h9-11,15,21H,7-8H2,1-6H3,(H,22,23). The summed E-state index contributed by atoms with van der Waals surface area (Å²) >= 11 is 6.22. The third kappa shape index (κ3) is 4.77. The van der Waals surface area contributed by atoms with Crippen LogP contribution >= 0.6 is 11.6 Å². The van der Waals surface area contributed by atoms with Crippen LogP contribution in [0.15, 0.2) is 12.1 Å². The molecule has 0 saturated heterocycles. The van der Waals surface area contributed by atoms with Crippen molar-refractivity contribution < 1.29 is 19.7 Å². The highest BCUT2D eigenvalue weighted by molar-refractivity contribution is 6.32. The Kier molecular flexibility index (Phi) is 6.93. The zero-order chi connectivity index (χ0) is 18.7. The smallest absolute Gasteiger partial charge is 0.412 e. The maximum absolute atomic E-state index is 11.8. The third-order valence-electron chi connectivity index (χ3n) is 4.19. The number of rotatable bonds is 6. The van der Waals surface area contributed by atoms with Crippen LogP contribution in [0, 0.1) is 5.92 Å². The molecule has 136 valence electrons. The first-order valence-electron chi connectivity index (χ1n) is 8.10. The van der Waals surface area contributed by atoms with Gasteiger partial charge in [0.15, 0.2) is 0 Å². The summed E-state index contributed by atoms with van der Waals surface area (Å²) in [6.45, 7) is 9.42. The van der Waals surface area contributed by atoms with E-state index < -0.39 is 17.7 Å². The molecule has 6 heteroatoms. The quantitative estimate of drug-likeness (QED) is 0.781. The number of carboxylic acid groups (broad SMARTS) is 1. The van der Waals surface area contributed by atoms with Crippen LogP contribution in [-0.2, 0) is 6.42 Å². The molecule has 0 bridgehead atoms. The van der Waals surface area contributed by atoms with Gasteiger partial charge in [-0.15, -0.1) is 0 Å². The monoisotopic (exact) mass is 357 g/mol. The molecule has 2 N–H and O–H groups in total. The van der Waals surface area contributed by atoms with Gasteiger partial charge in [0.05, 0.1) is 23.9 Å². The summed E-state index contributed by atoms with van der Waals surface area (Å²) in [5.41, 5.74) is 0.518. The lowest BCUT2D eigenvalue weighted by Gasteiger charge is -2.35. The number of benzene rings is 1. The van der Waals surface area contributed by atoms with E-state index in [0.717, 1.165) is 6.42 Å². The Morgan fingerprint density at radius 3 is 2.38 bits per heavy atom. The lowest BCUT2D eigenvalue weighted by atomic mass is 9.93. The molecular weight excluding hydrogens is 330 g/mol. The molecule has 1 aromatic rings. The van der Waals surface area contributed by atoms with Crippen LogP contribution in [-0.4, -0.2) is 35.1 Å². The van der Waals surface area contributed by atoms with Gasteiger partial charge < -0.3 is 14.9 Å². The molecule has 0 spiro atoms. The number of hydrogen-bond donors (Lipinski definition) is 2. The molecule has 0 aromatic heterocycles. The van der Waals surface area contributed by atoms with Gasteiger partial charge in [-0.1, -0.05) is 31.9 Å². The predicted octanol–water partition coefficient (Wildman–Crippen LogP) is 4.58. The zero-order valence-corrected chi connectivity index (χ0v) is 16.0. The summed E-state index contributed by atoms with van der Waals surface area (Å²) in [5.74, 6) is 0.568. The van der Waals surface area contributed by atoms with Crippen molar-refractivity contribution in [3.05, 3.63) is 22.7 Å². The number of methoxy groups -OCH3 is 1. The van der Waals surface area contributed by atoms with Crippen molar-refractivity contribution in [3.63, 3.8) is 0 Å². The lowest BCUT2D eigenvalue weighted by Crippen LogP contribution is -2.45. The minimum absolute atomic E-state index is 0.104. The van der Waals surface area contributed by atoms with E-state index in [9.17, 15) is 15.0 Å². The molecule has 24 heavy (non-hydrogen) atoms. The minimum Gasteiger partial charge on any atom is -0.495 e. The van der Waals surface area contributed by atoms with E-state index in [0.29, 0.717) is 28.4 Å². The Morgan fingerprint density at radius 1 is 1.38 bits per heavy atom. The molecule has 5 nitrogen and oxygen atoms in total. The van der Waals surface area contributed by atoms with Crippen molar-refractivity contribution in [2.24, 2.45) is 5.92 Å². The Bertz CT molecular complexity index is 583. The van der Waals surface area contributed by atoms with Gasteiger partial charge in [0.25, 0.3) is 0 Å². The largest absolute Gasteiger partial charge is 0.495 e. The van der Waals surface area contributed by atoms with Crippen molar-refractivity contribution in [2.75, 3.05) is 12.0 Å². The van der Waals surface area contributed by atoms with Crippen LogP contribution in [0.3, 0.4) is 0 Å². The Labute approximate surface area is 149 Å². The van der Waals surface area contributed by atoms with Crippen LogP contribution in [0.5, 0.6) is 5.75 Å². The number of anilines is 1. The average Bonchev–Trinajstić information content (AvgIpc) is 2.46. The van der Waals surface area contributed by atoms with E-state index in [4.69, 9.17) is 16.3 Å². The number of ether oxygens (including phenoxy) is 1. The Morgan fingerprint density at radius 2 is 1.96 bits per heavy atom. The molecule has 0 radical (unpaired) electrons. The van der Waals surface area contributed by atoms with E-state index in [2.05, 4.69) is 0 Å². The van der Waals surface area contributed by atoms with Crippen LogP contribution in [0.1, 0.15) is 46.6 Å². The fourth-order valence-corrected chi connectivity index (χ4v) is 2.80. The maximum Gasteiger partial charge on any atom is 0.412 e. The number of halogens is 1. The van der Waals surface area contributed by atoms with E-state index in [1.807, 2.05) is 34.6 Å². The first kappa shape index (κ1) is 20.6. The summed E-state index contributed by atoms with van der Waals surface area (Å²) in [7, 11) is 1.51. The van der Waals surface area contributed by atoms with Gasteiger partial charge >= 0.3 is 6.09 Å². The van der Waals surface area contributed by atoms with Crippen molar-refractivity contribution >= 4 is 23.4 Å². The summed E-state index contributed by atoms with van der Waals surface area (Å²) in [6, 6.07) is 3.31. The molecule has 2 unspecified atom stereocenters. The second-order valence-electron chi connectivity index (χ2n) is 7.06. The molecule has 0 heterocycles. The molecule has 1 amide bonds. The number of carbonyl (C=O) groups is 1. The molecule has 0 aliphatic carbocycles. The van der Waals surface area contributed by atoms with Gasteiger partial charge in [-0.05, 0) is 44.4 Å². The number of hydrogen-bond acceptors (Lipinski definition) is 3. The van der Waals surface area contributed by atoms with Gasteiger partial charge in [0.1, 0.15) is 5.75 Å². The number of amides is 1. The van der Waals surface area contributed by atoms with Crippen molar-refractivity contribution in [1.82, 2.24) is 0 Å². The molecule has 0 aliphatic rings. The summed E-state index contributed by atoms with van der Waals surface area (Å²) in [6.07, 6.45) is -0.473. The van der Waals surface area contributed by atoms with Crippen LogP contribution in [0.25, 0.3) is 0 Å². The minimum atomic E-state index is -1.07. The second-order valence-corrected chi connectivity index (χ2v) is 7.47. The van der Waals surface area contributed by atoms with Crippen molar-refractivity contribution in [2.45, 2.75) is 59.1 Å².